The molecule has 0 radical (unpaired) electrons. The molecule has 0 bridgehead atoms. The van der Waals surface area contributed by atoms with Crippen molar-refractivity contribution < 1.29 is 4.79 Å². The smallest absolute Gasteiger partial charge is 0.222 e. The lowest BCUT2D eigenvalue weighted by molar-refractivity contribution is -0.124. The SMILES string of the molecule is CC(C)C(=O)NCC1CCCN(Cc2cccc(N)c2)C1.Cl. The van der Waals surface area contributed by atoms with Gasteiger partial charge in [0.15, 0.2) is 0 Å². The van der Waals surface area contributed by atoms with Gasteiger partial charge in [0, 0.05) is 31.2 Å². The molecule has 22 heavy (non-hydrogen) atoms. The predicted octanol–water partition coefficient (Wildman–Crippen LogP) is 2.67. The van der Waals surface area contributed by atoms with E-state index in [4.69, 9.17) is 5.73 Å². The van der Waals surface area contributed by atoms with Crippen LogP contribution in [0.25, 0.3) is 0 Å². The number of anilines is 1. The lowest BCUT2D eigenvalue weighted by atomic mass is 9.97. The molecule has 0 aromatic heterocycles. The highest BCUT2D eigenvalue weighted by atomic mass is 35.5. The lowest BCUT2D eigenvalue weighted by Crippen LogP contribution is -2.41. The van der Waals surface area contributed by atoms with Gasteiger partial charge in [-0.15, -0.1) is 12.4 Å². The van der Waals surface area contributed by atoms with E-state index < -0.39 is 0 Å². The Morgan fingerprint density at radius 1 is 1.45 bits per heavy atom. The minimum atomic E-state index is 0. The third-order valence-corrected chi connectivity index (χ3v) is 4.05. The molecule has 1 aromatic rings. The van der Waals surface area contributed by atoms with Crippen LogP contribution >= 0.6 is 12.4 Å². The fourth-order valence-corrected chi connectivity index (χ4v) is 2.86. The maximum Gasteiger partial charge on any atom is 0.222 e. The van der Waals surface area contributed by atoms with Gasteiger partial charge in [0.05, 0.1) is 0 Å². The van der Waals surface area contributed by atoms with Crippen LogP contribution in [0.15, 0.2) is 24.3 Å². The second-order valence-corrected chi connectivity index (χ2v) is 6.39. The van der Waals surface area contributed by atoms with Crippen LogP contribution in [0.5, 0.6) is 0 Å². The van der Waals surface area contributed by atoms with E-state index >= 15 is 0 Å². The van der Waals surface area contributed by atoms with Gasteiger partial charge in [0.1, 0.15) is 0 Å². The fraction of sp³-hybridized carbons (Fsp3) is 0.588. The number of likely N-dealkylation sites (tertiary alicyclic amines) is 1. The Kier molecular flexibility index (Phi) is 7.69. The van der Waals surface area contributed by atoms with E-state index in [-0.39, 0.29) is 24.2 Å². The molecule has 1 aliphatic rings. The number of carbonyl (C=O) groups excluding carboxylic acids is 1. The van der Waals surface area contributed by atoms with E-state index in [0.29, 0.717) is 5.92 Å². The number of benzene rings is 1. The number of hydrogen-bond donors (Lipinski definition) is 2. The van der Waals surface area contributed by atoms with Gasteiger partial charge < -0.3 is 11.1 Å². The number of rotatable bonds is 5. The van der Waals surface area contributed by atoms with E-state index in [1.54, 1.807) is 0 Å². The second-order valence-electron chi connectivity index (χ2n) is 6.39. The molecule has 124 valence electrons. The van der Waals surface area contributed by atoms with Crippen LogP contribution in [0.3, 0.4) is 0 Å². The Bertz CT molecular complexity index is 479. The fourth-order valence-electron chi connectivity index (χ4n) is 2.86. The Hall–Kier alpha value is -1.26. The molecule has 1 unspecified atom stereocenters. The molecule has 5 heteroatoms. The minimum absolute atomic E-state index is 0. The van der Waals surface area contributed by atoms with Crippen LogP contribution < -0.4 is 11.1 Å². The molecule has 1 fully saturated rings. The summed E-state index contributed by atoms with van der Waals surface area (Å²) in [7, 11) is 0. The average molecular weight is 326 g/mol. The molecule has 0 saturated carbocycles. The zero-order valence-corrected chi connectivity index (χ0v) is 14.4. The van der Waals surface area contributed by atoms with Crippen molar-refractivity contribution in [2.75, 3.05) is 25.4 Å². The molecule has 3 N–H and O–H groups in total. The zero-order valence-electron chi connectivity index (χ0n) is 13.5. The molecule has 4 nitrogen and oxygen atoms in total. The van der Waals surface area contributed by atoms with Crippen molar-refractivity contribution >= 4 is 24.0 Å². The normalized spacial score (nSPS) is 18.8. The summed E-state index contributed by atoms with van der Waals surface area (Å²) in [5.74, 6) is 0.780. The Morgan fingerprint density at radius 2 is 2.23 bits per heavy atom. The number of amides is 1. The standard InChI is InChI=1S/C17H27N3O.ClH/c1-13(2)17(21)19-10-15-6-4-8-20(12-15)11-14-5-3-7-16(18)9-14;/h3,5,7,9,13,15H,4,6,8,10-12,18H2,1-2H3,(H,19,21);1H. The summed E-state index contributed by atoms with van der Waals surface area (Å²) in [5.41, 5.74) is 7.92. The van der Waals surface area contributed by atoms with Gasteiger partial charge in [-0.05, 0) is 43.0 Å². The summed E-state index contributed by atoms with van der Waals surface area (Å²) in [6.07, 6.45) is 2.40. The molecule has 1 aromatic carbocycles. The molecular weight excluding hydrogens is 298 g/mol. The van der Waals surface area contributed by atoms with Crippen molar-refractivity contribution in [1.29, 1.82) is 0 Å². The van der Waals surface area contributed by atoms with Crippen molar-refractivity contribution in [1.82, 2.24) is 10.2 Å². The third-order valence-electron chi connectivity index (χ3n) is 4.05. The molecule has 1 amide bonds. The van der Waals surface area contributed by atoms with Crippen LogP contribution in [-0.4, -0.2) is 30.4 Å². The summed E-state index contributed by atoms with van der Waals surface area (Å²) in [4.78, 5) is 14.1. The summed E-state index contributed by atoms with van der Waals surface area (Å²) in [6, 6.07) is 8.10. The highest BCUT2D eigenvalue weighted by Gasteiger charge is 2.20. The van der Waals surface area contributed by atoms with Gasteiger partial charge in [0.2, 0.25) is 5.91 Å². The summed E-state index contributed by atoms with van der Waals surface area (Å²) in [5, 5.41) is 3.06. The van der Waals surface area contributed by atoms with Crippen molar-refractivity contribution in [3.63, 3.8) is 0 Å². The number of nitrogens with two attached hydrogens (primary N) is 1. The van der Waals surface area contributed by atoms with E-state index in [2.05, 4.69) is 16.3 Å². The highest BCUT2D eigenvalue weighted by Crippen LogP contribution is 2.19. The van der Waals surface area contributed by atoms with Crippen molar-refractivity contribution in [2.45, 2.75) is 33.2 Å². The molecule has 0 spiro atoms. The van der Waals surface area contributed by atoms with Gasteiger partial charge in [0.25, 0.3) is 0 Å². The quantitative estimate of drug-likeness (QED) is 0.818. The maximum atomic E-state index is 11.7. The molecule has 1 heterocycles. The zero-order chi connectivity index (χ0) is 15.2. The highest BCUT2D eigenvalue weighted by molar-refractivity contribution is 5.85. The summed E-state index contributed by atoms with van der Waals surface area (Å²) >= 11 is 0. The number of nitrogens with one attached hydrogen (secondary N) is 1. The summed E-state index contributed by atoms with van der Waals surface area (Å²) in [6.45, 7) is 7.78. The number of piperidine rings is 1. The monoisotopic (exact) mass is 325 g/mol. The Morgan fingerprint density at radius 3 is 2.91 bits per heavy atom. The molecular formula is C17H28ClN3O. The lowest BCUT2D eigenvalue weighted by Gasteiger charge is -2.33. The van der Waals surface area contributed by atoms with Crippen molar-refractivity contribution in [3.8, 4) is 0 Å². The van der Waals surface area contributed by atoms with Crippen LogP contribution in [0.2, 0.25) is 0 Å². The van der Waals surface area contributed by atoms with Crippen molar-refractivity contribution in [3.05, 3.63) is 29.8 Å². The van der Waals surface area contributed by atoms with Crippen LogP contribution in [0.4, 0.5) is 5.69 Å². The van der Waals surface area contributed by atoms with Crippen LogP contribution in [0.1, 0.15) is 32.3 Å². The minimum Gasteiger partial charge on any atom is -0.399 e. The number of nitrogens with zero attached hydrogens (tertiary/aromatic N) is 1. The van der Waals surface area contributed by atoms with Crippen LogP contribution in [-0.2, 0) is 11.3 Å². The van der Waals surface area contributed by atoms with Gasteiger partial charge >= 0.3 is 0 Å². The van der Waals surface area contributed by atoms with E-state index in [1.807, 2.05) is 32.0 Å². The first kappa shape index (κ1) is 18.8. The first-order valence-electron chi connectivity index (χ1n) is 7.89. The number of carbonyl (C=O) groups is 1. The van der Waals surface area contributed by atoms with E-state index in [0.717, 1.165) is 31.9 Å². The first-order valence-corrected chi connectivity index (χ1v) is 7.89. The van der Waals surface area contributed by atoms with Crippen molar-refractivity contribution in [2.24, 2.45) is 11.8 Å². The van der Waals surface area contributed by atoms with E-state index in [9.17, 15) is 4.79 Å². The van der Waals surface area contributed by atoms with Gasteiger partial charge in [-0.1, -0.05) is 26.0 Å². The maximum absolute atomic E-state index is 11.7. The van der Waals surface area contributed by atoms with Gasteiger partial charge in [-0.2, -0.15) is 0 Å². The molecule has 1 saturated heterocycles. The largest absolute Gasteiger partial charge is 0.399 e. The molecule has 1 aliphatic heterocycles. The van der Waals surface area contributed by atoms with E-state index in [1.165, 1.54) is 18.4 Å². The van der Waals surface area contributed by atoms with Gasteiger partial charge in [-0.25, -0.2) is 0 Å². The topological polar surface area (TPSA) is 58.4 Å². The van der Waals surface area contributed by atoms with Crippen LogP contribution in [0, 0.1) is 11.8 Å². The number of nitrogen functional groups attached to an aromatic ring is 1. The Labute approximate surface area is 139 Å². The summed E-state index contributed by atoms with van der Waals surface area (Å²) < 4.78 is 0. The second kappa shape index (κ2) is 9.01. The molecule has 0 aliphatic carbocycles. The number of halogens is 1. The molecule has 2 rings (SSSR count). The average Bonchev–Trinajstić information content (AvgIpc) is 2.45. The third kappa shape index (κ3) is 5.85. The number of hydrogen-bond acceptors (Lipinski definition) is 3. The molecule has 1 atom stereocenters. The first-order chi connectivity index (χ1) is 10.0. The predicted molar refractivity (Wildman–Crippen MR) is 94.0 cm³/mol. The Balaban J connectivity index is 0.00000242. The van der Waals surface area contributed by atoms with Gasteiger partial charge in [-0.3, -0.25) is 9.69 Å².